The molecule has 0 spiro atoms. The Balaban J connectivity index is 1.42. The molecule has 0 bridgehead atoms. The summed E-state index contributed by atoms with van der Waals surface area (Å²) in [7, 11) is 0. The topological polar surface area (TPSA) is 74.7 Å². The monoisotopic (exact) mass is 418 g/mol. The Morgan fingerprint density at radius 2 is 1.80 bits per heavy atom. The van der Waals surface area contributed by atoms with Gasteiger partial charge in [-0.3, -0.25) is 0 Å². The summed E-state index contributed by atoms with van der Waals surface area (Å²) in [5, 5.41) is 4.78. The number of rotatable bonds is 6. The van der Waals surface area contributed by atoms with Crippen molar-refractivity contribution in [1.82, 2.24) is 14.6 Å². The zero-order valence-corrected chi connectivity index (χ0v) is 17.3. The summed E-state index contributed by atoms with van der Waals surface area (Å²) in [5.74, 6) is 3.27. The SMILES string of the molecule is NCCSc1ccc(Cc2nc3cccc(-c4ccc5c(c4)OCCO5)n3n2)cc1. The van der Waals surface area contributed by atoms with E-state index in [1.165, 1.54) is 10.5 Å². The second kappa shape index (κ2) is 8.38. The van der Waals surface area contributed by atoms with Crippen molar-refractivity contribution in [2.24, 2.45) is 5.73 Å². The average Bonchev–Trinajstić information content (AvgIpc) is 3.21. The highest BCUT2D eigenvalue weighted by molar-refractivity contribution is 7.99. The number of hydrogen-bond donors (Lipinski definition) is 1. The number of nitrogens with zero attached hydrogens (tertiary/aromatic N) is 3. The third kappa shape index (κ3) is 3.86. The maximum Gasteiger partial charge on any atom is 0.162 e. The summed E-state index contributed by atoms with van der Waals surface area (Å²) in [6, 6.07) is 20.5. The number of nitrogens with two attached hydrogens (primary N) is 1. The number of ether oxygens (including phenoxy) is 2. The zero-order chi connectivity index (χ0) is 20.3. The first-order chi connectivity index (χ1) is 14.8. The van der Waals surface area contributed by atoms with Gasteiger partial charge in [0, 0.05) is 29.2 Å². The predicted molar refractivity (Wildman–Crippen MR) is 118 cm³/mol. The molecule has 0 saturated heterocycles. The van der Waals surface area contributed by atoms with E-state index in [0.717, 1.165) is 40.0 Å². The molecule has 0 fully saturated rings. The Hall–Kier alpha value is -3.03. The minimum absolute atomic E-state index is 0.567. The van der Waals surface area contributed by atoms with Gasteiger partial charge in [0.1, 0.15) is 13.2 Å². The van der Waals surface area contributed by atoms with Gasteiger partial charge in [-0.1, -0.05) is 18.2 Å². The van der Waals surface area contributed by atoms with Crippen LogP contribution in [0.1, 0.15) is 11.4 Å². The molecular weight excluding hydrogens is 396 g/mol. The van der Waals surface area contributed by atoms with Crippen LogP contribution in [-0.2, 0) is 6.42 Å². The third-order valence-electron chi connectivity index (χ3n) is 4.91. The van der Waals surface area contributed by atoms with E-state index < -0.39 is 0 Å². The normalized spacial score (nSPS) is 13.0. The van der Waals surface area contributed by atoms with Gasteiger partial charge in [0.25, 0.3) is 0 Å². The minimum atomic E-state index is 0.567. The summed E-state index contributed by atoms with van der Waals surface area (Å²) in [5.41, 5.74) is 9.58. The molecule has 0 amide bonds. The van der Waals surface area contributed by atoms with Gasteiger partial charge in [-0.05, 0) is 48.0 Å². The molecule has 1 aliphatic rings. The van der Waals surface area contributed by atoms with Crippen molar-refractivity contribution < 1.29 is 9.47 Å². The first-order valence-corrected chi connectivity index (χ1v) is 11.0. The first kappa shape index (κ1) is 19.0. The number of thioether (sulfide) groups is 1. The van der Waals surface area contributed by atoms with Crippen LogP contribution < -0.4 is 15.2 Å². The Kier molecular flexibility index (Phi) is 5.29. The van der Waals surface area contributed by atoms with Gasteiger partial charge in [0.15, 0.2) is 23.0 Å². The van der Waals surface area contributed by atoms with Crippen LogP contribution in [0, 0.1) is 0 Å². The molecule has 2 N–H and O–H groups in total. The standard InChI is InChI=1S/C23H22N4O2S/c24-10-13-30-18-7-4-16(5-8-18)14-22-25-23-3-1-2-19(27(23)26-22)17-6-9-20-21(15-17)29-12-11-28-20/h1-9,15H,10-14,24H2. The van der Waals surface area contributed by atoms with Crippen LogP contribution in [0.5, 0.6) is 11.5 Å². The van der Waals surface area contributed by atoms with E-state index in [-0.39, 0.29) is 0 Å². The van der Waals surface area contributed by atoms with E-state index in [4.69, 9.17) is 25.3 Å². The lowest BCUT2D eigenvalue weighted by Gasteiger charge is -2.19. The van der Waals surface area contributed by atoms with E-state index in [0.29, 0.717) is 26.2 Å². The first-order valence-electron chi connectivity index (χ1n) is 9.97. The fraction of sp³-hybridized carbons (Fsp3) is 0.217. The molecule has 5 rings (SSSR count). The zero-order valence-electron chi connectivity index (χ0n) is 16.5. The molecule has 0 aliphatic carbocycles. The molecule has 0 atom stereocenters. The van der Waals surface area contributed by atoms with Crippen LogP contribution in [-0.4, -0.2) is 40.1 Å². The van der Waals surface area contributed by atoms with Gasteiger partial charge in [0.2, 0.25) is 0 Å². The number of aromatic nitrogens is 3. The van der Waals surface area contributed by atoms with Gasteiger partial charge in [-0.15, -0.1) is 11.8 Å². The summed E-state index contributed by atoms with van der Waals surface area (Å²) < 4.78 is 13.3. The van der Waals surface area contributed by atoms with Crippen LogP contribution in [0.15, 0.2) is 65.6 Å². The molecule has 2 aromatic carbocycles. The highest BCUT2D eigenvalue weighted by Gasteiger charge is 2.15. The van der Waals surface area contributed by atoms with E-state index in [1.807, 2.05) is 40.9 Å². The highest BCUT2D eigenvalue weighted by Crippen LogP contribution is 2.34. The molecule has 7 heteroatoms. The third-order valence-corrected chi connectivity index (χ3v) is 5.96. The Labute approximate surface area is 179 Å². The van der Waals surface area contributed by atoms with Gasteiger partial charge >= 0.3 is 0 Å². The molecular formula is C23H22N4O2S. The van der Waals surface area contributed by atoms with E-state index in [2.05, 4.69) is 24.3 Å². The molecule has 1 aliphatic heterocycles. The van der Waals surface area contributed by atoms with Crippen molar-refractivity contribution in [3.63, 3.8) is 0 Å². The molecule has 6 nitrogen and oxygen atoms in total. The maximum absolute atomic E-state index is 5.74. The number of fused-ring (bicyclic) bond motifs is 2. The van der Waals surface area contributed by atoms with Gasteiger partial charge < -0.3 is 15.2 Å². The highest BCUT2D eigenvalue weighted by atomic mass is 32.2. The van der Waals surface area contributed by atoms with E-state index >= 15 is 0 Å². The van der Waals surface area contributed by atoms with Crippen LogP contribution in [0.4, 0.5) is 0 Å². The van der Waals surface area contributed by atoms with Crippen molar-refractivity contribution in [2.75, 3.05) is 25.5 Å². The molecule has 2 aromatic heterocycles. The van der Waals surface area contributed by atoms with Crippen molar-refractivity contribution in [3.8, 4) is 22.8 Å². The van der Waals surface area contributed by atoms with Crippen LogP contribution in [0.2, 0.25) is 0 Å². The van der Waals surface area contributed by atoms with Gasteiger partial charge in [0.05, 0.1) is 5.69 Å². The molecule has 0 saturated carbocycles. The van der Waals surface area contributed by atoms with Crippen LogP contribution in [0.3, 0.4) is 0 Å². The van der Waals surface area contributed by atoms with Crippen molar-refractivity contribution in [1.29, 1.82) is 0 Å². The summed E-state index contributed by atoms with van der Waals surface area (Å²) in [4.78, 5) is 5.96. The molecule has 0 radical (unpaired) electrons. The molecule has 30 heavy (non-hydrogen) atoms. The van der Waals surface area contributed by atoms with Crippen molar-refractivity contribution in [2.45, 2.75) is 11.3 Å². The minimum Gasteiger partial charge on any atom is -0.486 e. The maximum atomic E-state index is 5.74. The van der Waals surface area contributed by atoms with Crippen LogP contribution >= 0.6 is 11.8 Å². The molecule has 0 unspecified atom stereocenters. The van der Waals surface area contributed by atoms with E-state index in [9.17, 15) is 0 Å². The molecule has 4 aromatic rings. The average molecular weight is 419 g/mol. The fourth-order valence-corrected chi connectivity index (χ4v) is 4.19. The second-order valence-corrected chi connectivity index (χ2v) is 8.19. The lowest BCUT2D eigenvalue weighted by molar-refractivity contribution is 0.171. The second-order valence-electron chi connectivity index (χ2n) is 7.03. The summed E-state index contributed by atoms with van der Waals surface area (Å²) in [6.07, 6.45) is 0.685. The smallest absolute Gasteiger partial charge is 0.162 e. The summed E-state index contributed by atoms with van der Waals surface area (Å²) in [6.45, 7) is 1.84. The molecule has 3 heterocycles. The van der Waals surface area contributed by atoms with Gasteiger partial charge in [-0.25, -0.2) is 9.50 Å². The predicted octanol–water partition coefficient (Wildman–Crippen LogP) is 3.81. The van der Waals surface area contributed by atoms with E-state index in [1.54, 1.807) is 11.8 Å². The Bertz CT molecular complexity index is 1170. The lowest BCUT2D eigenvalue weighted by atomic mass is 10.1. The van der Waals surface area contributed by atoms with Crippen LogP contribution in [0.25, 0.3) is 16.9 Å². The number of pyridine rings is 1. The van der Waals surface area contributed by atoms with Crippen molar-refractivity contribution >= 4 is 17.4 Å². The van der Waals surface area contributed by atoms with Crippen molar-refractivity contribution in [3.05, 3.63) is 72.1 Å². The largest absolute Gasteiger partial charge is 0.486 e. The fourth-order valence-electron chi connectivity index (χ4n) is 3.51. The summed E-state index contributed by atoms with van der Waals surface area (Å²) >= 11 is 1.77. The lowest BCUT2D eigenvalue weighted by Crippen LogP contribution is -2.15. The number of hydrogen-bond acceptors (Lipinski definition) is 6. The Morgan fingerprint density at radius 1 is 0.967 bits per heavy atom. The number of benzene rings is 2. The molecule has 152 valence electrons. The Morgan fingerprint density at radius 3 is 2.63 bits per heavy atom. The quantitative estimate of drug-likeness (QED) is 0.480. The van der Waals surface area contributed by atoms with Gasteiger partial charge in [-0.2, -0.15) is 5.10 Å².